The van der Waals surface area contributed by atoms with Crippen molar-refractivity contribution in [2.75, 3.05) is 19.1 Å². The second kappa shape index (κ2) is 6.78. The van der Waals surface area contributed by atoms with Gasteiger partial charge in [0.25, 0.3) is 0 Å². The van der Waals surface area contributed by atoms with Crippen molar-refractivity contribution < 1.29 is 4.74 Å². The molecule has 0 aliphatic rings. The lowest BCUT2D eigenvalue weighted by molar-refractivity contribution is 0.164. The first-order valence-corrected chi connectivity index (χ1v) is 4.50. The summed E-state index contributed by atoms with van der Waals surface area (Å²) in [6.07, 6.45) is 0. The van der Waals surface area contributed by atoms with Crippen LogP contribution in [0.4, 0.5) is 0 Å². The Hall–Kier alpha value is 0.782. The molecule has 0 radical (unpaired) electrons. The largest absolute Gasteiger partial charge is 0.381 e. The minimum absolute atomic E-state index is 0.627. The van der Waals surface area contributed by atoms with Crippen LogP contribution in [0.3, 0.4) is 0 Å². The second-order valence-electron chi connectivity index (χ2n) is 1.30. The highest BCUT2D eigenvalue weighted by Gasteiger charge is 1.79. The van der Waals surface area contributed by atoms with Crippen molar-refractivity contribution in [2.24, 2.45) is 0 Å². The van der Waals surface area contributed by atoms with Crippen LogP contribution < -0.4 is 0 Å². The molecule has 42 valence electrons. The summed E-state index contributed by atoms with van der Waals surface area (Å²) >= 11 is 6.56. The Morgan fingerprint density at radius 3 is 2.57 bits per heavy atom. The monoisotopic (exact) mass is 136 g/mol. The van der Waals surface area contributed by atoms with E-state index in [4.69, 9.17) is 16.3 Å². The summed E-state index contributed by atoms with van der Waals surface area (Å²) in [7, 11) is 0. The molecule has 0 unspecified atom stereocenters. The van der Waals surface area contributed by atoms with E-state index in [2.05, 4.69) is 0 Å². The highest BCUT2D eigenvalue weighted by atomic mass is 35.5. The van der Waals surface area contributed by atoms with Crippen molar-refractivity contribution >= 4 is 27.9 Å². The van der Waals surface area contributed by atoms with Crippen LogP contribution in [0.2, 0.25) is 5.28 Å². The third-order valence-electron chi connectivity index (χ3n) is 0.570. The van der Waals surface area contributed by atoms with Gasteiger partial charge in [-0.1, -0.05) is 5.28 Å². The van der Waals surface area contributed by atoms with E-state index < -0.39 is 0 Å². The van der Waals surface area contributed by atoms with E-state index in [1.54, 1.807) is 0 Å². The number of alkyl halides is 1. The Bertz CT molecular complexity index is 30.9. The van der Waals surface area contributed by atoms with Gasteiger partial charge < -0.3 is 4.74 Å². The molecular weight excluding hydrogens is 126 g/mol. The van der Waals surface area contributed by atoms with E-state index in [9.17, 15) is 0 Å². The van der Waals surface area contributed by atoms with E-state index in [0.29, 0.717) is 12.5 Å². The zero-order chi connectivity index (χ0) is 5.54. The lowest BCUT2D eigenvalue weighted by atomic mass is 10.8. The van der Waals surface area contributed by atoms with Crippen LogP contribution in [0.5, 0.6) is 0 Å². The summed E-state index contributed by atoms with van der Waals surface area (Å²) < 4.78 is 5.03. The van der Waals surface area contributed by atoms with Crippen LogP contribution in [-0.2, 0) is 4.74 Å². The molecule has 0 atom stereocenters. The third kappa shape index (κ3) is 6.78. The van der Waals surface area contributed by atoms with Crippen LogP contribution in [0, 0.1) is 0 Å². The number of hydrogen-bond acceptors (Lipinski definition) is 1. The molecule has 3 heteroatoms. The van der Waals surface area contributed by atoms with Gasteiger partial charge in [-0.25, -0.2) is 0 Å². The fourth-order valence-corrected chi connectivity index (χ4v) is 0.699. The zero-order valence-electron chi connectivity index (χ0n) is 4.61. The van der Waals surface area contributed by atoms with Crippen LogP contribution in [0.25, 0.3) is 0 Å². The number of hydrogen-bond donors (Lipinski definition) is 0. The van der Waals surface area contributed by atoms with Crippen LogP contribution >= 0.6 is 11.6 Å². The van der Waals surface area contributed by atoms with Gasteiger partial charge in [-0.15, -0.1) is 11.6 Å². The molecule has 0 amide bonds. The third-order valence-corrected chi connectivity index (χ3v) is 1.13. The average molecular weight is 137 g/mol. The quantitative estimate of drug-likeness (QED) is 0.307. The van der Waals surface area contributed by atoms with Crippen LogP contribution in [0.1, 0.15) is 0 Å². The minimum Gasteiger partial charge on any atom is -0.381 e. The highest BCUT2D eigenvalue weighted by molar-refractivity contribution is 6.17. The molecule has 0 aliphatic carbocycles. The fourth-order valence-electron chi connectivity index (χ4n) is 0.301. The van der Waals surface area contributed by atoms with E-state index >= 15 is 0 Å². The van der Waals surface area contributed by atoms with E-state index in [-0.39, 0.29) is 0 Å². The molecule has 0 saturated carbocycles. The van der Waals surface area contributed by atoms with Crippen LogP contribution in [0.15, 0.2) is 0 Å². The van der Waals surface area contributed by atoms with E-state index in [1.807, 2.05) is 0 Å². The molecule has 0 aromatic heterocycles. The predicted molar refractivity (Wildman–Crippen MR) is 34.9 cm³/mol. The molecule has 0 N–H and O–H groups in total. The maximum atomic E-state index is 5.32. The Kier molecular flexibility index (Phi) is 7.54. The maximum absolute atomic E-state index is 5.32. The summed E-state index contributed by atoms with van der Waals surface area (Å²) in [5.41, 5.74) is 0. The Morgan fingerprint density at radius 1 is 1.43 bits per heavy atom. The van der Waals surface area contributed by atoms with Crippen molar-refractivity contribution in [1.82, 2.24) is 0 Å². The standard InChI is InChI=1S/C4H8ClO.Al.2H/c1-2-6-4-3-5;;;/h1-4H2;;;. The lowest BCUT2D eigenvalue weighted by Crippen LogP contribution is -1.95. The molecule has 0 spiro atoms. The smallest absolute Gasteiger partial charge is 0.215 e. The molecule has 0 bridgehead atoms. The summed E-state index contributed by atoms with van der Waals surface area (Å²) in [5, 5.41) is 1.22. The number of rotatable bonds is 4. The molecule has 7 heavy (non-hydrogen) atoms. The summed E-state index contributed by atoms with van der Waals surface area (Å²) in [6, 6.07) is 0. The molecule has 0 aromatic rings. The molecule has 0 aromatic carbocycles. The van der Waals surface area contributed by atoms with Gasteiger partial charge in [-0.05, 0) is 0 Å². The van der Waals surface area contributed by atoms with Gasteiger partial charge in [0.15, 0.2) is 0 Å². The molecule has 0 heterocycles. The Morgan fingerprint density at radius 2 is 2.14 bits per heavy atom. The first-order valence-electron chi connectivity index (χ1n) is 2.55. The average Bonchev–Trinajstić information content (AvgIpc) is 1.69. The molecular formula is C4H10AlClO. The van der Waals surface area contributed by atoms with Crippen LogP contribution in [-0.4, -0.2) is 35.4 Å². The van der Waals surface area contributed by atoms with Crippen molar-refractivity contribution in [1.29, 1.82) is 0 Å². The summed E-state index contributed by atoms with van der Waals surface area (Å²) in [6.45, 7) is 1.61. The fraction of sp³-hybridized carbons (Fsp3) is 1.00. The van der Waals surface area contributed by atoms with Crippen molar-refractivity contribution in [2.45, 2.75) is 5.28 Å². The summed E-state index contributed by atoms with van der Waals surface area (Å²) in [5.74, 6) is 0.627. The van der Waals surface area contributed by atoms with Gasteiger partial charge in [0, 0.05) is 12.5 Å². The van der Waals surface area contributed by atoms with Gasteiger partial charge in [-0.3, -0.25) is 0 Å². The van der Waals surface area contributed by atoms with Gasteiger partial charge in [0.05, 0.1) is 6.61 Å². The lowest BCUT2D eigenvalue weighted by Gasteiger charge is -1.94. The predicted octanol–water partition coefficient (Wildman–Crippen LogP) is 0.293. The normalized spacial score (nSPS) is 9.29. The molecule has 1 nitrogen and oxygen atoms in total. The maximum Gasteiger partial charge on any atom is 0.215 e. The van der Waals surface area contributed by atoms with Crippen molar-refractivity contribution in [3.63, 3.8) is 0 Å². The van der Waals surface area contributed by atoms with Gasteiger partial charge in [-0.2, -0.15) is 0 Å². The van der Waals surface area contributed by atoms with Gasteiger partial charge in [0.1, 0.15) is 0 Å². The van der Waals surface area contributed by atoms with Gasteiger partial charge in [0.2, 0.25) is 16.3 Å². The zero-order valence-corrected chi connectivity index (χ0v) is 7.37. The molecule has 0 aliphatic heterocycles. The Labute approximate surface area is 57.4 Å². The molecule has 0 saturated heterocycles. The number of ether oxygens (including phenoxy) is 1. The van der Waals surface area contributed by atoms with Gasteiger partial charge >= 0.3 is 0 Å². The summed E-state index contributed by atoms with van der Waals surface area (Å²) in [4.78, 5) is 0. The first kappa shape index (κ1) is 7.78. The molecule has 0 fully saturated rings. The Balaban J connectivity index is 2.45. The SMILES string of the molecule is [AlH2][CH2]COCCCl. The van der Waals surface area contributed by atoms with Crippen molar-refractivity contribution in [3.05, 3.63) is 0 Å². The van der Waals surface area contributed by atoms with E-state index in [0.717, 1.165) is 6.61 Å². The molecule has 0 rings (SSSR count). The second-order valence-corrected chi connectivity index (χ2v) is 2.68. The minimum atomic E-state index is 0.627. The first-order chi connectivity index (χ1) is 3.41. The van der Waals surface area contributed by atoms with Crippen molar-refractivity contribution in [3.8, 4) is 0 Å². The number of halogens is 1. The highest BCUT2D eigenvalue weighted by Crippen LogP contribution is 1.79. The topological polar surface area (TPSA) is 9.23 Å². The van der Waals surface area contributed by atoms with E-state index in [1.165, 1.54) is 21.6 Å².